The van der Waals surface area contributed by atoms with Crippen LogP contribution >= 0.6 is 0 Å². The van der Waals surface area contributed by atoms with E-state index < -0.39 is 12.0 Å². The third-order valence-electron chi connectivity index (χ3n) is 5.85. The largest absolute Gasteiger partial charge is 0.379 e. The van der Waals surface area contributed by atoms with Gasteiger partial charge >= 0.3 is 0 Å². The number of hydrogen-bond donors (Lipinski definition) is 1. The van der Waals surface area contributed by atoms with Gasteiger partial charge in [-0.2, -0.15) is 9.49 Å². The van der Waals surface area contributed by atoms with Crippen LogP contribution < -0.4 is 10.2 Å². The highest BCUT2D eigenvalue weighted by Gasteiger charge is 2.36. The highest BCUT2D eigenvalue weighted by Crippen LogP contribution is 2.35. The summed E-state index contributed by atoms with van der Waals surface area (Å²) in [5.74, 6) is -0.577. The zero-order chi connectivity index (χ0) is 22.8. The minimum Gasteiger partial charge on any atom is -0.379 e. The third-order valence-corrected chi connectivity index (χ3v) is 5.85. The highest BCUT2D eigenvalue weighted by molar-refractivity contribution is 6.04. The van der Waals surface area contributed by atoms with Crippen molar-refractivity contribution in [3.63, 3.8) is 0 Å². The third kappa shape index (κ3) is 5.59. The van der Waals surface area contributed by atoms with Crippen LogP contribution in [0.5, 0.6) is 0 Å². The van der Waals surface area contributed by atoms with E-state index in [1.165, 1.54) is 12.3 Å². The van der Waals surface area contributed by atoms with E-state index >= 15 is 0 Å². The molecule has 4 heterocycles. The van der Waals surface area contributed by atoms with E-state index in [2.05, 4.69) is 15.4 Å². The fraction of sp³-hybridized carbons (Fsp3) is 0.440. The fourth-order valence-corrected chi connectivity index (χ4v) is 4.04. The number of anilines is 2. The molecule has 3 aromatic rings. The van der Waals surface area contributed by atoms with Gasteiger partial charge in [-0.3, -0.25) is 14.5 Å². The molecule has 0 aliphatic carbocycles. The summed E-state index contributed by atoms with van der Waals surface area (Å²) in [6.07, 6.45) is 6.61. The lowest BCUT2D eigenvalue weighted by Gasteiger charge is -2.38. The summed E-state index contributed by atoms with van der Waals surface area (Å²) in [4.78, 5) is 22.9. The normalized spacial score (nSPS) is 15.6. The Morgan fingerprint density at radius 2 is 1.97 bits per heavy atom. The molecule has 1 aliphatic rings. The van der Waals surface area contributed by atoms with Gasteiger partial charge in [0.05, 0.1) is 35.9 Å². The molecule has 2 atom stereocenters. The van der Waals surface area contributed by atoms with E-state index in [-0.39, 0.29) is 26.9 Å². The lowest BCUT2D eigenvalue weighted by atomic mass is 10.0. The maximum atomic E-state index is 13.0. The number of rotatable bonds is 7. The predicted molar refractivity (Wildman–Crippen MR) is 133 cm³/mol. The van der Waals surface area contributed by atoms with Gasteiger partial charge in [0.2, 0.25) is 11.9 Å². The first-order valence-corrected chi connectivity index (χ1v) is 10.5. The summed E-state index contributed by atoms with van der Waals surface area (Å²) >= 11 is 0. The van der Waals surface area contributed by atoms with Crippen molar-refractivity contribution in [3.8, 4) is 0 Å². The van der Waals surface area contributed by atoms with Gasteiger partial charge in [0.1, 0.15) is 6.04 Å². The molecule has 0 fully saturated rings. The molecule has 0 spiro atoms. The van der Waals surface area contributed by atoms with E-state index in [1.807, 2.05) is 48.9 Å². The van der Waals surface area contributed by atoms with Crippen LogP contribution in [0.4, 0.5) is 15.8 Å². The predicted octanol–water partition coefficient (Wildman–Crippen LogP) is 4.02. The molecule has 3 aromatic heterocycles. The number of carbonyl (C=O) groups is 1. The Hall–Kier alpha value is -3.33. The van der Waals surface area contributed by atoms with Crippen LogP contribution in [-0.2, 0) is 28.9 Å². The Labute approximate surface area is 201 Å². The van der Waals surface area contributed by atoms with E-state index in [0.29, 0.717) is 6.54 Å². The molecule has 184 valence electrons. The smallest absolute Gasteiger partial charge is 0.249 e. The van der Waals surface area contributed by atoms with Gasteiger partial charge < -0.3 is 15.0 Å². The Balaban J connectivity index is 0.00000204. The molecule has 0 saturated carbocycles. The lowest BCUT2D eigenvalue weighted by Crippen LogP contribution is -2.52. The molecule has 0 bridgehead atoms. The van der Waals surface area contributed by atoms with Crippen LogP contribution in [0.1, 0.15) is 44.3 Å². The van der Waals surface area contributed by atoms with Crippen LogP contribution in [-0.4, -0.2) is 52.0 Å². The lowest BCUT2D eigenvalue weighted by molar-refractivity contribution is -0.120. The zero-order valence-corrected chi connectivity index (χ0v) is 18.7. The van der Waals surface area contributed by atoms with Crippen LogP contribution in [0.2, 0.25) is 0 Å². The maximum Gasteiger partial charge on any atom is 0.249 e. The van der Waals surface area contributed by atoms with Gasteiger partial charge in [-0.1, -0.05) is 20.9 Å². The van der Waals surface area contributed by atoms with Crippen molar-refractivity contribution in [2.45, 2.75) is 60.2 Å². The van der Waals surface area contributed by atoms with Gasteiger partial charge in [-0.05, 0) is 49.9 Å². The Morgan fingerprint density at radius 3 is 2.65 bits per heavy atom. The van der Waals surface area contributed by atoms with Crippen LogP contribution in [0, 0.1) is 12.9 Å². The summed E-state index contributed by atoms with van der Waals surface area (Å²) in [6.45, 7) is 4.33. The Morgan fingerprint density at radius 1 is 1.21 bits per heavy atom. The minimum absolute atomic E-state index is 0. The van der Waals surface area contributed by atoms with Crippen molar-refractivity contribution in [1.82, 2.24) is 19.7 Å². The number of fused-ring (bicyclic) bond motifs is 1. The van der Waals surface area contributed by atoms with E-state index in [0.717, 1.165) is 46.7 Å². The standard InChI is InChI=1S/C23H27FN6O2.2CH4/c1-14-21-19(29(3)22(15(2)32-4)23(31)28-21)9-18(27-14)7-5-17-11-26-30(13-17)12-16-6-8-20(24)25-10-16;;/h6,8-11,13,15,22H,5,7,12H2,1-4H3,(H,28,31);2*1H4/t15-,22+;;/m1../s1. The van der Waals surface area contributed by atoms with Gasteiger partial charge in [0.25, 0.3) is 0 Å². The number of hydrogen-bond acceptors (Lipinski definition) is 6. The monoisotopic (exact) mass is 470 g/mol. The number of pyridine rings is 2. The van der Waals surface area contributed by atoms with Gasteiger partial charge in [-0.15, -0.1) is 0 Å². The summed E-state index contributed by atoms with van der Waals surface area (Å²) in [7, 11) is 3.52. The Kier molecular flexibility index (Phi) is 8.86. The fourth-order valence-electron chi connectivity index (χ4n) is 4.04. The first kappa shape index (κ1) is 26.9. The minimum atomic E-state index is -0.490. The number of nitrogens with zero attached hydrogens (tertiary/aromatic N) is 5. The Bertz CT molecular complexity index is 1120. The molecular formula is C25H35FN6O2. The average molecular weight is 471 g/mol. The molecule has 0 radical (unpaired) electrons. The second-order valence-corrected chi connectivity index (χ2v) is 8.11. The molecule has 9 heteroatoms. The summed E-state index contributed by atoms with van der Waals surface area (Å²) in [6, 6.07) is 4.69. The number of aryl methyl sites for hydroxylation is 3. The molecule has 1 amide bonds. The van der Waals surface area contributed by atoms with Crippen LogP contribution in [0.15, 0.2) is 36.8 Å². The molecule has 1 aliphatic heterocycles. The van der Waals surface area contributed by atoms with E-state index in [4.69, 9.17) is 9.72 Å². The maximum absolute atomic E-state index is 13.0. The number of aromatic nitrogens is 4. The van der Waals surface area contributed by atoms with Gasteiger partial charge in [0.15, 0.2) is 0 Å². The van der Waals surface area contributed by atoms with Crippen molar-refractivity contribution in [2.24, 2.45) is 0 Å². The van der Waals surface area contributed by atoms with Crippen molar-refractivity contribution < 1.29 is 13.9 Å². The molecule has 0 aromatic carbocycles. The summed E-state index contributed by atoms with van der Waals surface area (Å²) in [5.41, 5.74) is 5.41. The van der Waals surface area contributed by atoms with Gasteiger partial charge in [0, 0.05) is 32.2 Å². The second kappa shape index (κ2) is 11.2. The topological polar surface area (TPSA) is 85.2 Å². The number of nitrogens with one attached hydrogen (secondary N) is 1. The first-order chi connectivity index (χ1) is 15.4. The number of carbonyl (C=O) groups excluding carboxylic acids is 1. The summed E-state index contributed by atoms with van der Waals surface area (Å²) < 4.78 is 20.2. The first-order valence-electron chi connectivity index (χ1n) is 10.5. The molecule has 34 heavy (non-hydrogen) atoms. The van der Waals surface area contributed by atoms with Crippen molar-refractivity contribution >= 4 is 17.3 Å². The SMILES string of the molecule is C.C.CO[C@H](C)[C@H]1C(=O)Nc2c(cc(CCc3cnn(Cc4ccc(F)nc4)c3)nc2C)N1C. The summed E-state index contributed by atoms with van der Waals surface area (Å²) in [5, 5.41) is 7.39. The van der Waals surface area contributed by atoms with Crippen LogP contribution in [0.25, 0.3) is 0 Å². The molecule has 0 saturated heterocycles. The number of ether oxygens (including phenoxy) is 1. The second-order valence-electron chi connectivity index (χ2n) is 8.11. The molecule has 0 unspecified atom stereocenters. The van der Waals surface area contributed by atoms with E-state index in [1.54, 1.807) is 13.2 Å². The van der Waals surface area contributed by atoms with E-state index in [9.17, 15) is 9.18 Å². The van der Waals surface area contributed by atoms with Crippen molar-refractivity contribution in [2.75, 3.05) is 24.4 Å². The number of amides is 1. The zero-order valence-electron chi connectivity index (χ0n) is 18.7. The highest BCUT2D eigenvalue weighted by atomic mass is 19.1. The van der Waals surface area contributed by atoms with Crippen LogP contribution in [0.3, 0.4) is 0 Å². The number of methoxy groups -OCH3 is 1. The molecule has 1 N–H and O–H groups in total. The number of halogens is 1. The quantitative estimate of drug-likeness (QED) is 0.525. The molecule has 8 nitrogen and oxygen atoms in total. The van der Waals surface area contributed by atoms with Crippen molar-refractivity contribution in [1.29, 1.82) is 0 Å². The average Bonchev–Trinajstić information content (AvgIpc) is 3.22. The number of likely N-dealkylation sites (N-methyl/N-ethyl adjacent to an activating group) is 1. The molecule has 4 rings (SSSR count). The van der Waals surface area contributed by atoms with Crippen molar-refractivity contribution in [3.05, 3.63) is 65.3 Å². The van der Waals surface area contributed by atoms with Gasteiger partial charge in [-0.25, -0.2) is 4.98 Å². The molecular weight excluding hydrogens is 435 g/mol.